The normalized spacial score (nSPS) is 29.6. The van der Waals surface area contributed by atoms with Crippen LogP contribution in [0.2, 0.25) is 0 Å². The molecule has 0 saturated carbocycles. The Morgan fingerprint density at radius 1 is 1.37 bits per heavy atom. The first-order chi connectivity index (χ1) is 8.86. The summed E-state index contributed by atoms with van der Waals surface area (Å²) >= 11 is 5.65. The lowest BCUT2D eigenvalue weighted by molar-refractivity contribution is 0.155. The molecule has 2 rings (SSSR count). The van der Waals surface area contributed by atoms with Crippen molar-refractivity contribution in [1.82, 2.24) is 4.31 Å². The fourth-order valence-corrected chi connectivity index (χ4v) is 4.59. The molecule has 0 spiro atoms. The number of nitrogens with zero attached hydrogens (tertiary/aromatic N) is 1. The van der Waals surface area contributed by atoms with Crippen molar-refractivity contribution in [3.8, 4) is 0 Å². The van der Waals surface area contributed by atoms with E-state index in [1.807, 2.05) is 6.92 Å². The fourth-order valence-electron chi connectivity index (χ4n) is 2.66. The minimum Gasteiger partial charge on any atom is -0.447 e. The molecular formula is C13H20ClNO3S. The maximum Gasteiger partial charge on any atom is 0.276 e. The summed E-state index contributed by atoms with van der Waals surface area (Å²) in [6.45, 7) is 6.68. The zero-order valence-electron chi connectivity index (χ0n) is 11.5. The minimum absolute atomic E-state index is 0.00343. The molecule has 1 aromatic heterocycles. The van der Waals surface area contributed by atoms with E-state index in [0.717, 1.165) is 6.42 Å². The topological polar surface area (TPSA) is 50.5 Å². The van der Waals surface area contributed by atoms with Crippen molar-refractivity contribution in [3.05, 3.63) is 17.9 Å². The van der Waals surface area contributed by atoms with Crippen LogP contribution in [0, 0.1) is 11.8 Å². The second-order valence-electron chi connectivity index (χ2n) is 5.49. The van der Waals surface area contributed by atoms with Gasteiger partial charge in [-0.3, -0.25) is 0 Å². The molecule has 3 atom stereocenters. The standard InChI is InChI=1S/C13H20ClNO3S/c1-9-6-10(2)11(3)15(8-9)19(16,17)13-5-4-12(7-14)18-13/h4-5,9-11H,6-8H2,1-3H3. The van der Waals surface area contributed by atoms with Gasteiger partial charge in [0, 0.05) is 12.6 Å². The summed E-state index contributed by atoms with van der Waals surface area (Å²) in [7, 11) is -3.56. The highest BCUT2D eigenvalue weighted by Gasteiger charge is 2.38. The van der Waals surface area contributed by atoms with Gasteiger partial charge in [-0.2, -0.15) is 4.31 Å². The van der Waals surface area contributed by atoms with Crippen molar-refractivity contribution >= 4 is 21.6 Å². The van der Waals surface area contributed by atoms with Gasteiger partial charge in [-0.15, -0.1) is 11.6 Å². The van der Waals surface area contributed by atoms with E-state index < -0.39 is 10.0 Å². The highest BCUT2D eigenvalue weighted by atomic mass is 35.5. The molecule has 4 nitrogen and oxygen atoms in total. The Hall–Kier alpha value is -0.520. The van der Waals surface area contributed by atoms with Gasteiger partial charge in [-0.25, -0.2) is 8.42 Å². The zero-order valence-corrected chi connectivity index (χ0v) is 13.0. The number of sulfonamides is 1. The van der Waals surface area contributed by atoms with Crippen LogP contribution < -0.4 is 0 Å². The Kier molecular flexibility index (Phi) is 4.28. The third kappa shape index (κ3) is 2.83. The van der Waals surface area contributed by atoms with Gasteiger partial charge in [-0.1, -0.05) is 13.8 Å². The molecule has 1 aliphatic rings. The minimum atomic E-state index is -3.56. The predicted molar refractivity (Wildman–Crippen MR) is 74.6 cm³/mol. The van der Waals surface area contributed by atoms with Gasteiger partial charge in [0.05, 0.1) is 5.88 Å². The molecule has 0 aromatic carbocycles. The van der Waals surface area contributed by atoms with Crippen LogP contribution in [0.1, 0.15) is 33.0 Å². The Balaban J connectivity index is 2.32. The molecule has 0 aliphatic carbocycles. The van der Waals surface area contributed by atoms with E-state index in [4.69, 9.17) is 16.0 Å². The first kappa shape index (κ1) is 14.9. The summed E-state index contributed by atoms with van der Waals surface area (Å²) in [6, 6.07) is 3.09. The van der Waals surface area contributed by atoms with Crippen LogP contribution >= 0.6 is 11.6 Å². The highest BCUT2D eigenvalue weighted by Crippen LogP contribution is 2.32. The number of alkyl halides is 1. The lowest BCUT2D eigenvalue weighted by Crippen LogP contribution is -2.48. The Morgan fingerprint density at radius 2 is 2.05 bits per heavy atom. The van der Waals surface area contributed by atoms with Crippen LogP contribution in [0.25, 0.3) is 0 Å². The summed E-state index contributed by atoms with van der Waals surface area (Å²) < 4.78 is 32.1. The molecule has 108 valence electrons. The molecule has 1 aliphatic heterocycles. The number of halogens is 1. The van der Waals surface area contributed by atoms with Gasteiger partial charge in [0.1, 0.15) is 5.76 Å². The van der Waals surface area contributed by atoms with E-state index >= 15 is 0 Å². The van der Waals surface area contributed by atoms with E-state index in [1.165, 1.54) is 6.07 Å². The zero-order chi connectivity index (χ0) is 14.2. The molecule has 1 saturated heterocycles. The summed E-state index contributed by atoms with van der Waals surface area (Å²) in [5.41, 5.74) is 0. The lowest BCUT2D eigenvalue weighted by Gasteiger charge is -2.39. The first-order valence-corrected chi connectivity index (χ1v) is 8.50. The van der Waals surface area contributed by atoms with Crippen LogP contribution in [0.15, 0.2) is 21.6 Å². The first-order valence-electron chi connectivity index (χ1n) is 6.52. The van der Waals surface area contributed by atoms with Gasteiger partial charge in [0.15, 0.2) is 0 Å². The van der Waals surface area contributed by atoms with Gasteiger partial charge in [0.2, 0.25) is 5.09 Å². The molecular weight excluding hydrogens is 286 g/mol. The highest BCUT2D eigenvalue weighted by molar-refractivity contribution is 7.89. The van der Waals surface area contributed by atoms with Crippen molar-refractivity contribution in [1.29, 1.82) is 0 Å². The maximum atomic E-state index is 12.6. The summed E-state index contributed by atoms with van der Waals surface area (Å²) in [4.78, 5) is 0. The molecule has 2 heterocycles. The Labute approximate surface area is 119 Å². The number of rotatable bonds is 3. The van der Waals surface area contributed by atoms with Gasteiger partial charge < -0.3 is 4.42 Å². The molecule has 0 N–H and O–H groups in total. The quantitative estimate of drug-likeness (QED) is 0.806. The van der Waals surface area contributed by atoms with Crippen molar-refractivity contribution in [2.24, 2.45) is 11.8 Å². The van der Waals surface area contributed by atoms with Crippen molar-refractivity contribution < 1.29 is 12.8 Å². The molecule has 1 fully saturated rings. The smallest absolute Gasteiger partial charge is 0.276 e. The van der Waals surface area contributed by atoms with E-state index in [9.17, 15) is 8.42 Å². The van der Waals surface area contributed by atoms with Crippen LogP contribution in [0.4, 0.5) is 0 Å². The maximum absolute atomic E-state index is 12.6. The molecule has 0 bridgehead atoms. The van der Waals surface area contributed by atoms with E-state index in [-0.39, 0.29) is 17.0 Å². The molecule has 3 unspecified atom stereocenters. The number of furan rings is 1. The monoisotopic (exact) mass is 305 g/mol. The van der Waals surface area contributed by atoms with Crippen LogP contribution in [0.5, 0.6) is 0 Å². The van der Waals surface area contributed by atoms with Crippen LogP contribution in [-0.4, -0.2) is 25.3 Å². The lowest BCUT2D eigenvalue weighted by atomic mass is 9.88. The molecule has 19 heavy (non-hydrogen) atoms. The van der Waals surface area contributed by atoms with Gasteiger partial charge in [-0.05, 0) is 37.3 Å². The molecule has 1 aromatic rings. The average molecular weight is 306 g/mol. The predicted octanol–water partition coefficient (Wildman–Crippen LogP) is 3.07. The number of hydrogen-bond acceptors (Lipinski definition) is 3. The average Bonchev–Trinajstić information content (AvgIpc) is 2.83. The summed E-state index contributed by atoms with van der Waals surface area (Å²) in [6.07, 6.45) is 1.05. The summed E-state index contributed by atoms with van der Waals surface area (Å²) in [5.74, 6) is 1.37. The van der Waals surface area contributed by atoms with Gasteiger partial charge >= 0.3 is 0 Å². The SMILES string of the molecule is CC1CC(C)C(C)N(S(=O)(=O)c2ccc(CCl)o2)C1. The molecule has 0 radical (unpaired) electrons. The second kappa shape index (κ2) is 5.46. The van der Waals surface area contributed by atoms with Crippen molar-refractivity contribution in [2.75, 3.05) is 6.54 Å². The third-order valence-electron chi connectivity index (χ3n) is 3.88. The van der Waals surface area contributed by atoms with E-state index in [1.54, 1.807) is 10.4 Å². The number of piperidine rings is 1. The summed E-state index contributed by atoms with van der Waals surface area (Å²) in [5, 5.41) is -0.00343. The second-order valence-corrected chi connectivity index (χ2v) is 7.58. The van der Waals surface area contributed by atoms with Crippen LogP contribution in [-0.2, 0) is 15.9 Å². The fraction of sp³-hybridized carbons (Fsp3) is 0.692. The van der Waals surface area contributed by atoms with Crippen molar-refractivity contribution in [3.63, 3.8) is 0 Å². The molecule has 0 amide bonds. The van der Waals surface area contributed by atoms with E-state index in [2.05, 4.69) is 13.8 Å². The number of hydrogen-bond donors (Lipinski definition) is 0. The van der Waals surface area contributed by atoms with E-state index in [0.29, 0.717) is 24.1 Å². The Morgan fingerprint density at radius 3 is 2.63 bits per heavy atom. The largest absolute Gasteiger partial charge is 0.447 e. The van der Waals surface area contributed by atoms with Crippen molar-refractivity contribution in [2.45, 2.75) is 44.2 Å². The Bertz CT molecular complexity index is 540. The van der Waals surface area contributed by atoms with Gasteiger partial charge in [0.25, 0.3) is 10.0 Å². The van der Waals surface area contributed by atoms with Crippen LogP contribution in [0.3, 0.4) is 0 Å². The molecule has 6 heteroatoms. The third-order valence-corrected chi connectivity index (χ3v) is 5.97.